The van der Waals surface area contributed by atoms with Crippen molar-refractivity contribution in [2.24, 2.45) is 5.92 Å². The zero-order chi connectivity index (χ0) is 14.9. The fourth-order valence-corrected chi connectivity index (χ4v) is 3.63. The summed E-state index contributed by atoms with van der Waals surface area (Å²) in [5, 5.41) is 3.51. The molecule has 0 radical (unpaired) electrons. The number of rotatable bonds is 6. The molecule has 1 aliphatic carbocycles. The summed E-state index contributed by atoms with van der Waals surface area (Å²) in [6.07, 6.45) is 11.0. The predicted molar refractivity (Wildman–Crippen MR) is 85.3 cm³/mol. The van der Waals surface area contributed by atoms with Gasteiger partial charge in [0.15, 0.2) is 0 Å². The minimum atomic E-state index is 0.253. The molecule has 21 heavy (non-hydrogen) atoms. The lowest BCUT2D eigenvalue weighted by atomic mass is 9.90. The molecule has 2 aliphatic rings. The van der Waals surface area contributed by atoms with Crippen LogP contribution in [0.4, 0.5) is 0 Å². The van der Waals surface area contributed by atoms with Gasteiger partial charge in [-0.1, -0.05) is 32.1 Å². The summed E-state index contributed by atoms with van der Waals surface area (Å²) in [6.45, 7) is 3.34. The fourth-order valence-electron chi connectivity index (χ4n) is 3.63. The SMILES string of the molecule is COCCN(CC1CCCN1)C(=O)C1CCCCCCC1. The van der Waals surface area contributed by atoms with Gasteiger partial charge < -0.3 is 15.0 Å². The van der Waals surface area contributed by atoms with Crippen molar-refractivity contribution in [3.63, 3.8) is 0 Å². The van der Waals surface area contributed by atoms with Crippen LogP contribution in [0, 0.1) is 5.92 Å². The largest absolute Gasteiger partial charge is 0.383 e. The highest BCUT2D eigenvalue weighted by atomic mass is 16.5. The molecule has 2 fully saturated rings. The monoisotopic (exact) mass is 296 g/mol. The summed E-state index contributed by atoms with van der Waals surface area (Å²) < 4.78 is 5.20. The van der Waals surface area contributed by atoms with Crippen LogP contribution in [-0.4, -0.2) is 50.2 Å². The second-order valence-electron chi connectivity index (χ2n) is 6.61. The van der Waals surface area contributed by atoms with Crippen molar-refractivity contribution in [3.05, 3.63) is 0 Å². The van der Waals surface area contributed by atoms with Gasteiger partial charge in [0.05, 0.1) is 6.61 Å². The molecule has 1 heterocycles. The van der Waals surface area contributed by atoms with Crippen LogP contribution in [0.5, 0.6) is 0 Å². The molecule has 2 rings (SSSR count). The Morgan fingerprint density at radius 3 is 2.43 bits per heavy atom. The van der Waals surface area contributed by atoms with Crippen LogP contribution in [0.1, 0.15) is 57.8 Å². The molecule has 1 atom stereocenters. The lowest BCUT2D eigenvalue weighted by molar-refractivity contribution is -0.137. The second kappa shape index (κ2) is 9.42. The van der Waals surface area contributed by atoms with E-state index in [0.29, 0.717) is 18.6 Å². The van der Waals surface area contributed by atoms with Crippen molar-refractivity contribution >= 4 is 5.91 Å². The number of amides is 1. The average Bonchev–Trinajstić information content (AvgIpc) is 2.95. The first kappa shape index (κ1) is 16.8. The Labute approximate surface area is 129 Å². The minimum Gasteiger partial charge on any atom is -0.383 e. The Morgan fingerprint density at radius 2 is 1.81 bits per heavy atom. The van der Waals surface area contributed by atoms with Crippen molar-refractivity contribution < 1.29 is 9.53 Å². The van der Waals surface area contributed by atoms with Gasteiger partial charge in [0.25, 0.3) is 0 Å². The number of carbonyl (C=O) groups excluding carboxylic acids is 1. The van der Waals surface area contributed by atoms with Gasteiger partial charge in [0, 0.05) is 32.2 Å². The third-order valence-corrected chi connectivity index (χ3v) is 4.93. The molecule has 1 saturated carbocycles. The van der Waals surface area contributed by atoms with Gasteiger partial charge in [0.2, 0.25) is 5.91 Å². The first-order chi connectivity index (χ1) is 10.3. The van der Waals surface area contributed by atoms with E-state index in [1.54, 1.807) is 7.11 Å². The number of hydrogen-bond acceptors (Lipinski definition) is 3. The third kappa shape index (κ3) is 5.59. The van der Waals surface area contributed by atoms with E-state index < -0.39 is 0 Å². The first-order valence-electron chi connectivity index (χ1n) is 8.82. The lowest BCUT2D eigenvalue weighted by Gasteiger charge is -2.30. The van der Waals surface area contributed by atoms with Crippen molar-refractivity contribution in [2.45, 2.75) is 63.8 Å². The number of nitrogens with zero attached hydrogens (tertiary/aromatic N) is 1. The number of ether oxygens (including phenoxy) is 1. The summed E-state index contributed by atoms with van der Waals surface area (Å²) in [4.78, 5) is 15.0. The predicted octanol–water partition coefficient (Wildman–Crippen LogP) is 2.57. The molecule has 4 nitrogen and oxygen atoms in total. The molecule has 0 spiro atoms. The van der Waals surface area contributed by atoms with Crippen molar-refractivity contribution in [3.8, 4) is 0 Å². The average molecular weight is 296 g/mol. The van der Waals surface area contributed by atoms with Crippen molar-refractivity contribution in [2.75, 3.05) is 33.4 Å². The Morgan fingerprint density at radius 1 is 1.10 bits per heavy atom. The van der Waals surface area contributed by atoms with Gasteiger partial charge in [-0.05, 0) is 32.2 Å². The Kier molecular flexibility index (Phi) is 7.51. The van der Waals surface area contributed by atoms with E-state index in [9.17, 15) is 4.79 Å². The van der Waals surface area contributed by atoms with Gasteiger partial charge in [-0.25, -0.2) is 0 Å². The molecule has 0 aromatic rings. The van der Waals surface area contributed by atoms with E-state index in [1.165, 1.54) is 44.9 Å². The van der Waals surface area contributed by atoms with Gasteiger partial charge in [-0.15, -0.1) is 0 Å². The molecule has 1 N–H and O–H groups in total. The minimum absolute atomic E-state index is 0.253. The van der Waals surface area contributed by atoms with E-state index in [2.05, 4.69) is 10.2 Å². The topological polar surface area (TPSA) is 41.6 Å². The Balaban J connectivity index is 1.90. The maximum absolute atomic E-state index is 12.9. The summed E-state index contributed by atoms with van der Waals surface area (Å²) >= 11 is 0. The van der Waals surface area contributed by atoms with Crippen LogP contribution in [0.25, 0.3) is 0 Å². The highest BCUT2D eigenvalue weighted by molar-refractivity contribution is 5.78. The van der Waals surface area contributed by atoms with Crippen molar-refractivity contribution in [1.82, 2.24) is 10.2 Å². The molecule has 1 unspecified atom stereocenters. The van der Waals surface area contributed by atoms with Gasteiger partial charge in [-0.3, -0.25) is 4.79 Å². The summed E-state index contributed by atoms with van der Waals surface area (Å²) in [5.41, 5.74) is 0. The van der Waals surface area contributed by atoms with Crippen LogP contribution in [0.3, 0.4) is 0 Å². The number of methoxy groups -OCH3 is 1. The maximum atomic E-state index is 12.9. The number of nitrogens with one attached hydrogen (secondary N) is 1. The Bertz CT molecular complexity index is 295. The quantitative estimate of drug-likeness (QED) is 0.819. The van der Waals surface area contributed by atoms with Gasteiger partial charge in [0.1, 0.15) is 0 Å². The number of hydrogen-bond donors (Lipinski definition) is 1. The molecule has 4 heteroatoms. The molecule has 1 amide bonds. The van der Waals surface area contributed by atoms with Crippen LogP contribution in [0.15, 0.2) is 0 Å². The van der Waals surface area contributed by atoms with Crippen LogP contribution >= 0.6 is 0 Å². The van der Waals surface area contributed by atoms with Gasteiger partial charge in [-0.2, -0.15) is 0 Å². The smallest absolute Gasteiger partial charge is 0.225 e. The zero-order valence-electron chi connectivity index (χ0n) is 13.6. The first-order valence-corrected chi connectivity index (χ1v) is 8.82. The highest BCUT2D eigenvalue weighted by Crippen LogP contribution is 2.24. The van der Waals surface area contributed by atoms with Gasteiger partial charge >= 0.3 is 0 Å². The van der Waals surface area contributed by atoms with Crippen LogP contribution < -0.4 is 5.32 Å². The highest BCUT2D eigenvalue weighted by Gasteiger charge is 2.27. The second-order valence-corrected chi connectivity index (χ2v) is 6.61. The van der Waals surface area contributed by atoms with E-state index in [-0.39, 0.29) is 5.92 Å². The molecule has 1 aliphatic heterocycles. The molecule has 0 bridgehead atoms. The maximum Gasteiger partial charge on any atom is 0.225 e. The Hall–Kier alpha value is -0.610. The van der Waals surface area contributed by atoms with E-state index in [4.69, 9.17) is 4.74 Å². The summed E-state index contributed by atoms with van der Waals surface area (Å²) in [5.74, 6) is 0.631. The molecule has 0 aromatic carbocycles. The molecule has 1 saturated heterocycles. The molecular formula is C17H32N2O2. The zero-order valence-corrected chi connectivity index (χ0v) is 13.6. The number of carbonyl (C=O) groups is 1. The third-order valence-electron chi connectivity index (χ3n) is 4.93. The summed E-state index contributed by atoms with van der Waals surface area (Å²) in [6, 6.07) is 0.486. The lowest BCUT2D eigenvalue weighted by Crippen LogP contribution is -2.45. The van der Waals surface area contributed by atoms with Crippen LogP contribution in [0.2, 0.25) is 0 Å². The van der Waals surface area contributed by atoms with Crippen LogP contribution in [-0.2, 0) is 9.53 Å². The normalized spacial score (nSPS) is 24.5. The van der Waals surface area contributed by atoms with E-state index in [1.807, 2.05) is 0 Å². The molecule has 0 aromatic heterocycles. The fraction of sp³-hybridized carbons (Fsp3) is 0.941. The van der Waals surface area contributed by atoms with E-state index in [0.717, 1.165) is 32.5 Å². The van der Waals surface area contributed by atoms with E-state index >= 15 is 0 Å². The molecular weight excluding hydrogens is 264 g/mol. The van der Waals surface area contributed by atoms with Crippen molar-refractivity contribution in [1.29, 1.82) is 0 Å². The standard InChI is InChI=1S/C17H32N2O2/c1-21-13-12-19(14-16-10-7-11-18-16)17(20)15-8-5-3-2-4-6-9-15/h15-16,18H,2-14H2,1H3. The molecule has 122 valence electrons. The summed E-state index contributed by atoms with van der Waals surface area (Å²) in [7, 11) is 1.71.